The van der Waals surface area contributed by atoms with Crippen molar-refractivity contribution in [1.82, 2.24) is 0 Å². The number of ketones is 2. The van der Waals surface area contributed by atoms with Gasteiger partial charge < -0.3 is 120 Å². The topological polar surface area (TPSA) is 534 Å². The van der Waals surface area contributed by atoms with Gasteiger partial charge in [-0.1, -0.05) is 94.2 Å². The number of carbonyl (C=O) groups is 8. The molecule has 14 aliphatic rings. The zero-order valence-electron chi connectivity index (χ0n) is 69.1. The number of carbonyl (C=O) groups excluding carboxylic acids is 2. The van der Waals surface area contributed by atoms with Crippen LogP contribution in [0, 0.1) is 100 Å². The minimum atomic E-state index is -2.05. The van der Waals surface area contributed by atoms with Crippen molar-refractivity contribution < 1.29 is 179 Å². The van der Waals surface area contributed by atoms with Crippen LogP contribution < -0.4 is 0 Å². The quantitative estimate of drug-likeness (QED) is 0.107. The third-order valence-corrected chi connectivity index (χ3v) is 34.4. The number of aliphatic hydroxyl groups is 10. The molecule has 6 unspecified atom stereocenters. The van der Waals surface area contributed by atoms with Gasteiger partial charge in [0.25, 0.3) is 0 Å². The first-order valence-corrected chi connectivity index (χ1v) is 41.5. The Morgan fingerprint density at radius 2 is 0.641 bits per heavy atom. The summed E-state index contributed by atoms with van der Waals surface area (Å²) in [4.78, 5) is 103. The Hall–Kier alpha value is -4.39. The van der Waals surface area contributed by atoms with Crippen LogP contribution in [0.1, 0.15) is 213 Å². The smallest absolute Gasteiger partial charge is 0.481 e. The van der Waals surface area contributed by atoms with Gasteiger partial charge in [-0.2, -0.15) is 0 Å². The first-order valence-electron chi connectivity index (χ1n) is 41.5. The Labute approximate surface area is 694 Å². The van der Waals surface area contributed by atoms with Crippen LogP contribution in [0.2, 0.25) is 0 Å². The number of hydrogen-bond donors (Lipinski definition) is 16. The monoisotopic (exact) mass is 1840 g/mol. The van der Waals surface area contributed by atoms with E-state index < -0.39 is 214 Å². The minimum absolute atomic E-state index is 0. The molecule has 4 aliphatic heterocycles. The maximum atomic E-state index is 14.8. The number of allylic oxidation sites excluding steroid dienone is 4. The molecule has 0 aromatic heterocycles. The maximum Gasteiger partial charge on any atom is 2.00 e. The van der Waals surface area contributed by atoms with Gasteiger partial charge in [-0.25, -0.2) is 19.2 Å². The van der Waals surface area contributed by atoms with Crippen LogP contribution in [-0.4, -0.2) is 264 Å². The number of hydrogen-bond acceptors (Lipinski definition) is 26. The SMILES string of the molecule is CC1(C)C2CC[C@]3(C)C(C(=O)C=C4C5C[C@@](C)(C(=O)O)CC[C@]5(C)CC[C@]43C)[C@@]2(C)CC[C@@H]1O[C@H]1O[C@H](C(=O)O)[C@@H](O)[C@H](O)[C@H]1O[C@H]1O[C@H](C(=O)O)[C@@H](O)[C@H](O)[C@H]1O.CC1(C)C2CC[C@]3(C)C(C(=O)C=C4C5C[C@@](C)(C(=O)O)CC[C@]5(C)CC[C@]43C)[C@@]2(C)CC[C@@H]1O[C@H]1O[C@H](C(=O)O)[C@@H](O)[C@H](O)[C@H]1O[C@H]1O[C@H](C(=O)O)[C@@H](O)[C@H](O)[C@H]1O.[Pt+2]. The summed E-state index contributed by atoms with van der Waals surface area (Å²) < 4.78 is 46.8. The second kappa shape index (κ2) is 31.1. The minimum Gasteiger partial charge on any atom is -0.481 e. The van der Waals surface area contributed by atoms with Crippen LogP contribution >= 0.6 is 0 Å². The van der Waals surface area contributed by atoms with E-state index in [4.69, 9.17) is 37.9 Å². The second-order valence-corrected chi connectivity index (χ2v) is 41.2. The molecule has 0 amide bonds. The molecular weight excluding hydrogens is 1720 g/mol. The number of fused-ring (bicyclic) bond motifs is 14. The summed E-state index contributed by atoms with van der Waals surface area (Å²) in [6.45, 7) is 29.7. The number of carboxylic acid groups (broad SMARTS) is 6. The van der Waals surface area contributed by atoms with E-state index in [1.165, 1.54) is 0 Å². The van der Waals surface area contributed by atoms with E-state index in [0.717, 1.165) is 75.4 Å². The molecule has 0 aromatic rings. The summed E-state index contributed by atoms with van der Waals surface area (Å²) in [5, 5.41) is 166. The molecule has 0 radical (unpaired) electrons. The van der Waals surface area contributed by atoms with Crippen molar-refractivity contribution >= 4 is 47.4 Å². The standard InChI is InChI=1S/2C42H62O16.Pt/c2*1-37(2)21-8-11-42(7)31(20(43)16-18-19-17-39(4,36(53)54)13-12-38(19,3)14-15-41(18,42)6)40(21,5)10-9-22(37)55-35-30(26(47)25(46)29(57-35)33(51)52)58-34-27(48)23(44)24(45)28(56-34)32(49)50;/h2*16,19,21-31,34-35,44-48H,8-15,17H2,1-7H3,(H,49,50)(H,51,52)(H,53,54);/q;;+2/t2*19?,21?,22-,23-,24-,25-,26-,27+,28-,29-,30+,31?,34+,35-,38+,39-,40-,41+,42+;/m00./s1. The molecule has 4 saturated heterocycles. The third-order valence-electron chi connectivity index (χ3n) is 34.4. The van der Waals surface area contributed by atoms with Crippen molar-refractivity contribution in [2.75, 3.05) is 0 Å². The third kappa shape index (κ3) is 14.2. The van der Waals surface area contributed by atoms with Crippen molar-refractivity contribution in [2.45, 2.75) is 348 Å². The van der Waals surface area contributed by atoms with E-state index in [-0.39, 0.29) is 89.8 Å². The summed E-state index contributed by atoms with van der Waals surface area (Å²) >= 11 is 0. The van der Waals surface area contributed by atoms with Crippen molar-refractivity contribution in [2.24, 2.45) is 100 Å². The molecule has 14 rings (SSSR count). The number of rotatable bonds is 14. The summed E-state index contributed by atoms with van der Waals surface area (Å²) in [6, 6.07) is 0. The van der Waals surface area contributed by atoms with Gasteiger partial charge in [0.2, 0.25) is 0 Å². The zero-order chi connectivity index (χ0) is 85.7. The van der Waals surface area contributed by atoms with Crippen LogP contribution in [0.5, 0.6) is 0 Å². The Kier molecular flexibility index (Phi) is 24.4. The first kappa shape index (κ1) is 91.8. The predicted molar refractivity (Wildman–Crippen MR) is 399 cm³/mol. The van der Waals surface area contributed by atoms with Crippen LogP contribution in [0.15, 0.2) is 23.3 Å². The Morgan fingerprint density at radius 1 is 0.350 bits per heavy atom. The van der Waals surface area contributed by atoms with Crippen LogP contribution in [0.25, 0.3) is 0 Å². The maximum absolute atomic E-state index is 14.8. The number of aliphatic carboxylic acids is 6. The summed E-state index contributed by atoms with van der Waals surface area (Å²) in [5.41, 5.74) is -3.62. The van der Waals surface area contributed by atoms with Gasteiger partial charge in [0, 0.05) is 11.8 Å². The van der Waals surface area contributed by atoms with E-state index in [9.17, 15) is 120 Å². The van der Waals surface area contributed by atoms with E-state index >= 15 is 0 Å². The summed E-state index contributed by atoms with van der Waals surface area (Å²) in [6.07, 6.45) is -24.5. The van der Waals surface area contributed by atoms with Crippen molar-refractivity contribution in [3.05, 3.63) is 23.3 Å². The van der Waals surface area contributed by atoms with Crippen LogP contribution in [0.3, 0.4) is 0 Å². The normalized spacial score (nSPS) is 52.1. The molecule has 38 atom stereocenters. The van der Waals surface area contributed by atoms with Gasteiger partial charge in [-0.3, -0.25) is 19.2 Å². The number of aliphatic hydroxyl groups excluding tert-OH is 10. The molecule has 33 heteroatoms. The molecule has 10 aliphatic carbocycles. The average Bonchev–Trinajstić information content (AvgIpc) is 0.675. The van der Waals surface area contributed by atoms with E-state index in [0.29, 0.717) is 51.4 Å². The van der Waals surface area contributed by atoms with Crippen LogP contribution in [-0.2, 0) is 97.3 Å². The Balaban J connectivity index is 0.000000214. The second-order valence-electron chi connectivity index (χ2n) is 41.2. The predicted octanol–water partition coefficient (Wildman–Crippen LogP) is 4.49. The van der Waals surface area contributed by atoms with Gasteiger partial charge in [-0.15, -0.1) is 0 Å². The average molecular weight is 1840 g/mol. The number of carboxylic acids is 6. The van der Waals surface area contributed by atoms with Crippen molar-refractivity contribution in [3.8, 4) is 0 Å². The molecule has 12 fully saturated rings. The molecule has 16 N–H and O–H groups in total. The Bertz CT molecular complexity index is 3720. The molecular formula is C84H124O32Pt+2. The fraction of sp³-hybridized carbons (Fsp3) is 0.857. The summed E-state index contributed by atoms with van der Waals surface area (Å²) in [7, 11) is 0. The molecule has 8 saturated carbocycles. The fourth-order valence-corrected chi connectivity index (χ4v) is 26.7. The van der Waals surface area contributed by atoms with Gasteiger partial charge in [-0.05, 0) is 219 Å². The molecule has 0 spiro atoms. The van der Waals surface area contributed by atoms with E-state index in [1.54, 1.807) is 0 Å². The van der Waals surface area contributed by atoms with Crippen LogP contribution in [0.4, 0.5) is 0 Å². The molecule has 0 bridgehead atoms. The molecule has 660 valence electrons. The molecule has 32 nitrogen and oxygen atoms in total. The first-order chi connectivity index (χ1) is 53.5. The van der Waals surface area contributed by atoms with E-state index in [2.05, 4.69) is 55.4 Å². The Morgan fingerprint density at radius 3 is 0.940 bits per heavy atom. The molecule has 117 heavy (non-hydrogen) atoms. The van der Waals surface area contributed by atoms with Gasteiger partial charge in [0.05, 0.1) is 23.0 Å². The van der Waals surface area contributed by atoms with Gasteiger partial charge in [0.15, 0.2) is 61.1 Å². The van der Waals surface area contributed by atoms with Gasteiger partial charge >= 0.3 is 56.9 Å². The largest absolute Gasteiger partial charge is 2.00 e. The van der Waals surface area contributed by atoms with Crippen molar-refractivity contribution in [1.29, 1.82) is 0 Å². The molecule has 0 aromatic carbocycles. The van der Waals surface area contributed by atoms with E-state index in [1.807, 2.05) is 53.7 Å². The number of ether oxygens (including phenoxy) is 8. The summed E-state index contributed by atoms with van der Waals surface area (Å²) in [5.74, 6) is -8.94. The molecule has 4 heterocycles. The van der Waals surface area contributed by atoms with Crippen molar-refractivity contribution in [3.63, 3.8) is 0 Å². The van der Waals surface area contributed by atoms with Gasteiger partial charge in [0.1, 0.15) is 73.2 Å². The fourth-order valence-electron chi connectivity index (χ4n) is 26.7. The zero-order valence-corrected chi connectivity index (χ0v) is 71.3.